The van der Waals surface area contributed by atoms with Gasteiger partial charge in [-0.05, 0) is 76.1 Å². The van der Waals surface area contributed by atoms with E-state index in [1.165, 1.54) is 9.80 Å². The summed E-state index contributed by atoms with van der Waals surface area (Å²) in [6.07, 6.45) is 7.03. The Morgan fingerprint density at radius 3 is 1.44 bits per heavy atom. The van der Waals surface area contributed by atoms with E-state index in [1.54, 1.807) is 62.6 Å². The number of carbonyl (C=O) groups excluding carboxylic acids is 4. The van der Waals surface area contributed by atoms with Gasteiger partial charge in [-0.3, -0.25) is 9.59 Å². The number of likely N-dealkylation sites (tertiary alicyclic amines) is 2. The number of rotatable bonds is 10. The number of esters is 2. The number of hydrogen-bond acceptors (Lipinski definition) is 10. The maximum atomic E-state index is 13.4. The Labute approximate surface area is 281 Å². The van der Waals surface area contributed by atoms with Crippen LogP contribution in [0, 0.1) is 0 Å². The fraction of sp³-hybridized carbons (Fsp3) is 0.500. The Bertz CT molecular complexity index is 1440. The fourth-order valence-electron chi connectivity index (χ4n) is 6.92. The summed E-state index contributed by atoms with van der Waals surface area (Å²) in [6.45, 7) is 4.97. The van der Waals surface area contributed by atoms with E-state index < -0.39 is 23.5 Å². The average molecular weight is 661 g/mol. The van der Waals surface area contributed by atoms with Crippen LogP contribution >= 0.6 is 0 Å². The van der Waals surface area contributed by atoms with E-state index in [0.717, 1.165) is 64.0 Å². The van der Waals surface area contributed by atoms with Gasteiger partial charge in [-0.25, -0.2) is 9.59 Å². The van der Waals surface area contributed by atoms with Gasteiger partial charge in [0.2, 0.25) is 0 Å². The van der Waals surface area contributed by atoms with E-state index in [1.807, 2.05) is 0 Å². The summed E-state index contributed by atoms with van der Waals surface area (Å²) in [6, 6.07) is 13.8. The molecule has 0 saturated carbocycles. The van der Waals surface area contributed by atoms with E-state index in [9.17, 15) is 19.2 Å². The molecule has 2 amide bonds. The molecule has 6 rings (SSSR count). The summed E-state index contributed by atoms with van der Waals surface area (Å²) in [5, 5.41) is 0. The highest BCUT2D eigenvalue weighted by atomic mass is 16.7. The van der Waals surface area contributed by atoms with Gasteiger partial charge in [0.15, 0.2) is 0 Å². The molecule has 0 N–H and O–H groups in total. The zero-order valence-corrected chi connectivity index (χ0v) is 27.7. The minimum atomic E-state index is -1.49. The van der Waals surface area contributed by atoms with Crippen LogP contribution in [0.25, 0.3) is 0 Å². The molecule has 0 bridgehead atoms. The van der Waals surface area contributed by atoms with Crippen molar-refractivity contribution in [3.63, 3.8) is 0 Å². The predicted octanol–water partition coefficient (Wildman–Crippen LogP) is 3.32. The average Bonchev–Trinajstić information content (AvgIpc) is 3.77. The van der Waals surface area contributed by atoms with Crippen LogP contribution in [0.1, 0.15) is 59.2 Å². The standard InChI is InChI=1S/C36H44N4O8/c1-37-25-35(17-23-39-19-7-8-20-39,45-29-13-5-3-11-27(29)33(37)43)47-31(41)15-16-32(42)48-36(18-24-40-21-9-10-22-40)26-38(2)34(44)28-12-4-6-14-30(28)46-36/h3-6,11-16H,7-10,17-26H2,1-2H3/b16-15+. The second-order valence-corrected chi connectivity index (χ2v) is 13.1. The number of benzene rings is 2. The second kappa shape index (κ2) is 14.4. The smallest absolute Gasteiger partial charge is 0.334 e. The van der Waals surface area contributed by atoms with Crippen molar-refractivity contribution in [2.24, 2.45) is 0 Å². The lowest BCUT2D eigenvalue weighted by Crippen LogP contribution is -2.51. The number of amides is 2. The van der Waals surface area contributed by atoms with Crippen molar-refractivity contribution in [2.45, 2.75) is 50.1 Å². The molecule has 4 aliphatic heterocycles. The van der Waals surface area contributed by atoms with Crippen LogP contribution in [0.4, 0.5) is 0 Å². The molecule has 0 radical (unpaired) electrons. The van der Waals surface area contributed by atoms with E-state index in [0.29, 0.717) is 48.6 Å². The molecule has 2 atom stereocenters. The molecule has 256 valence electrons. The van der Waals surface area contributed by atoms with E-state index in [2.05, 4.69) is 9.80 Å². The molecule has 0 spiro atoms. The molecular formula is C36H44N4O8. The monoisotopic (exact) mass is 660 g/mol. The number of likely N-dealkylation sites (N-methyl/N-ethyl adjacent to an activating group) is 2. The fourth-order valence-corrected chi connectivity index (χ4v) is 6.92. The third kappa shape index (κ3) is 7.65. The third-order valence-corrected chi connectivity index (χ3v) is 9.42. The van der Waals surface area contributed by atoms with Gasteiger partial charge in [0.25, 0.3) is 23.4 Å². The lowest BCUT2D eigenvalue weighted by molar-refractivity contribution is -0.201. The van der Waals surface area contributed by atoms with Gasteiger partial charge in [-0.2, -0.15) is 0 Å². The summed E-state index contributed by atoms with van der Waals surface area (Å²) < 4.78 is 24.7. The van der Waals surface area contributed by atoms with Crippen molar-refractivity contribution in [3.8, 4) is 11.5 Å². The van der Waals surface area contributed by atoms with E-state index in [4.69, 9.17) is 18.9 Å². The van der Waals surface area contributed by atoms with Gasteiger partial charge >= 0.3 is 11.9 Å². The molecular weight excluding hydrogens is 616 g/mol. The molecule has 2 unspecified atom stereocenters. The molecule has 12 heteroatoms. The summed E-state index contributed by atoms with van der Waals surface area (Å²) in [7, 11) is 3.29. The molecule has 0 aliphatic carbocycles. The first-order valence-corrected chi connectivity index (χ1v) is 16.8. The quantitative estimate of drug-likeness (QED) is 0.278. The Morgan fingerprint density at radius 1 is 0.667 bits per heavy atom. The van der Waals surface area contributed by atoms with E-state index in [-0.39, 0.29) is 24.9 Å². The van der Waals surface area contributed by atoms with Crippen LogP contribution in [-0.2, 0) is 19.1 Å². The number of nitrogens with zero attached hydrogens (tertiary/aromatic N) is 4. The molecule has 2 aromatic carbocycles. The van der Waals surface area contributed by atoms with Crippen LogP contribution in [-0.4, -0.2) is 121 Å². The first kappa shape index (κ1) is 33.5. The van der Waals surface area contributed by atoms with Crippen molar-refractivity contribution in [1.29, 1.82) is 0 Å². The topological polar surface area (TPSA) is 118 Å². The van der Waals surface area contributed by atoms with Gasteiger partial charge < -0.3 is 38.5 Å². The summed E-state index contributed by atoms with van der Waals surface area (Å²) >= 11 is 0. The summed E-state index contributed by atoms with van der Waals surface area (Å²) in [5.41, 5.74) is 0.761. The van der Waals surface area contributed by atoms with Crippen LogP contribution in [0.2, 0.25) is 0 Å². The Balaban J connectivity index is 1.20. The Hall–Kier alpha value is -4.42. The van der Waals surface area contributed by atoms with Crippen LogP contribution in [0.3, 0.4) is 0 Å². The van der Waals surface area contributed by atoms with Gasteiger partial charge in [0.1, 0.15) is 11.5 Å². The number of carbonyl (C=O) groups is 4. The summed E-state index contributed by atoms with van der Waals surface area (Å²) in [5.74, 6) is -4.44. The lowest BCUT2D eigenvalue weighted by Gasteiger charge is -2.35. The molecule has 48 heavy (non-hydrogen) atoms. The second-order valence-electron chi connectivity index (χ2n) is 13.1. The maximum absolute atomic E-state index is 13.4. The van der Waals surface area contributed by atoms with Crippen LogP contribution in [0.15, 0.2) is 60.7 Å². The number of fused-ring (bicyclic) bond motifs is 2. The maximum Gasteiger partial charge on any atom is 0.334 e. The van der Waals surface area contributed by atoms with Gasteiger partial charge in [0.05, 0.1) is 24.2 Å². The summed E-state index contributed by atoms with van der Waals surface area (Å²) in [4.78, 5) is 60.7. The number of hydrogen-bond donors (Lipinski definition) is 0. The van der Waals surface area contributed by atoms with Crippen LogP contribution in [0.5, 0.6) is 11.5 Å². The SMILES string of the molecule is CN1CC(CCN2CCCC2)(OC(=O)/C=C/C(=O)OC2(CCN3CCCC3)CN(C)C(=O)c3ccccc3O2)Oc2ccccc2C1=O. The molecule has 2 fully saturated rings. The highest BCUT2D eigenvalue weighted by molar-refractivity contribution is 5.98. The number of para-hydroxylation sites is 2. The van der Waals surface area contributed by atoms with Crippen molar-refractivity contribution >= 4 is 23.8 Å². The first-order valence-electron chi connectivity index (χ1n) is 16.8. The zero-order valence-electron chi connectivity index (χ0n) is 27.7. The molecule has 2 saturated heterocycles. The van der Waals surface area contributed by atoms with Gasteiger partial charge in [0, 0.05) is 52.2 Å². The predicted molar refractivity (Wildman–Crippen MR) is 175 cm³/mol. The Morgan fingerprint density at radius 2 is 1.04 bits per heavy atom. The molecule has 0 aromatic heterocycles. The lowest BCUT2D eigenvalue weighted by atomic mass is 10.1. The highest BCUT2D eigenvalue weighted by Crippen LogP contribution is 2.34. The van der Waals surface area contributed by atoms with E-state index >= 15 is 0 Å². The first-order chi connectivity index (χ1) is 23.1. The van der Waals surface area contributed by atoms with Gasteiger partial charge in [-0.15, -0.1) is 0 Å². The van der Waals surface area contributed by atoms with Crippen molar-refractivity contribution in [2.75, 3.05) is 66.5 Å². The normalized spacial score (nSPS) is 24.8. The Kier molecular flexibility index (Phi) is 10.0. The zero-order chi connectivity index (χ0) is 33.7. The van der Waals surface area contributed by atoms with Crippen molar-refractivity contribution < 1.29 is 38.1 Å². The van der Waals surface area contributed by atoms with Crippen molar-refractivity contribution in [3.05, 3.63) is 71.8 Å². The molecule has 2 aromatic rings. The van der Waals surface area contributed by atoms with Crippen molar-refractivity contribution in [1.82, 2.24) is 19.6 Å². The minimum absolute atomic E-state index is 0.00556. The molecule has 4 aliphatic rings. The largest absolute Gasteiger partial charge is 0.449 e. The third-order valence-electron chi connectivity index (χ3n) is 9.42. The molecule has 4 heterocycles. The highest BCUT2D eigenvalue weighted by Gasteiger charge is 2.45. The number of ether oxygens (including phenoxy) is 4. The molecule has 12 nitrogen and oxygen atoms in total. The van der Waals surface area contributed by atoms with Gasteiger partial charge in [-0.1, -0.05) is 24.3 Å². The van der Waals surface area contributed by atoms with Crippen LogP contribution < -0.4 is 9.47 Å². The minimum Gasteiger partial charge on any atom is -0.449 e.